The molecule has 0 spiro atoms. The minimum Gasteiger partial charge on any atom is -0.383 e. The molecule has 0 aliphatic rings. The number of rotatable bonds is 6. The molecule has 0 aliphatic heterocycles. The van der Waals surface area contributed by atoms with Gasteiger partial charge in [-0.15, -0.1) is 0 Å². The van der Waals surface area contributed by atoms with Crippen LogP contribution in [-0.4, -0.2) is 26.2 Å². The summed E-state index contributed by atoms with van der Waals surface area (Å²) in [5, 5.41) is 16.9. The predicted octanol–water partition coefficient (Wildman–Crippen LogP) is 2.42. The summed E-state index contributed by atoms with van der Waals surface area (Å²) >= 11 is 0. The van der Waals surface area contributed by atoms with Crippen LogP contribution in [0.3, 0.4) is 0 Å². The zero-order chi connectivity index (χ0) is 15.8. The lowest BCUT2D eigenvalue weighted by molar-refractivity contribution is -0.117. The first-order valence-electron chi connectivity index (χ1n) is 6.87. The number of fused-ring (bicyclic) bond motifs is 1. The minimum atomic E-state index is -0.423. The van der Waals surface area contributed by atoms with E-state index in [-0.39, 0.29) is 5.57 Å². The predicted molar refractivity (Wildman–Crippen MR) is 86.2 cm³/mol. The van der Waals surface area contributed by atoms with E-state index < -0.39 is 5.91 Å². The Kier molecular flexibility index (Phi) is 5.52. The molecular weight excluding hydrogens is 278 g/mol. The van der Waals surface area contributed by atoms with Crippen LogP contribution >= 0.6 is 0 Å². The first kappa shape index (κ1) is 15.5. The first-order valence-corrected chi connectivity index (χ1v) is 6.87. The number of anilines is 1. The molecule has 0 saturated heterocycles. The molecule has 22 heavy (non-hydrogen) atoms. The van der Waals surface area contributed by atoms with Gasteiger partial charge in [-0.2, -0.15) is 5.26 Å². The molecule has 2 rings (SSSR count). The molecule has 0 radical (unpaired) electrons. The van der Waals surface area contributed by atoms with Crippen molar-refractivity contribution in [3.8, 4) is 6.07 Å². The van der Waals surface area contributed by atoms with Crippen molar-refractivity contribution in [2.75, 3.05) is 25.6 Å². The lowest BCUT2D eigenvalue weighted by atomic mass is 10.1. The second-order valence-corrected chi connectivity index (χ2v) is 4.62. The highest BCUT2D eigenvalue weighted by atomic mass is 16.5. The average molecular weight is 295 g/mol. The summed E-state index contributed by atoms with van der Waals surface area (Å²) < 4.78 is 4.84. The fourth-order valence-corrected chi connectivity index (χ4v) is 1.95. The van der Waals surface area contributed by atoms with E-state index in [2.05, 4.69) is 10.6 Å². The zero-order valence-corrected chi connectivity index (χ0v) is 12.3. The maximum absolute atomic E-state index is 11.8. The van der Waals surface area contributed by atoms with Crippen molar-refractivity contribution in [3.63, 3.8) is 0 Å². The van der Waals surface area contributed by atoms with Crippen LogP contribution in [0.25, 0.3) is 10.8 Å². The molecule has 0 heterocycles. The number of nitrogens with one attached hydrogen (secondary N) is 2. The van der Waals surface area contributed by atoms with Crippen molar-refractivity contribution in [1.82, 2.24) is 5.32 Å². The maximum Gasteiger partial charge on any atom is 0.263 e. The third-order valence-corrected chi connectivity index (χ3v) is 3.09. The Morgan fingerprint density at radius 3 is 2.77 bits per heavy atom. The largest absolute Gasteiger partial charge is 0.383 e. The molecule has 0 saturated carbocycles. The van der Waals surface area contributed by atoms with E-state index in [1.54, 1.807) is 7.11 Å². The molecule has 2 aromatic rings. The normalized spacial score (nSPS) is 11.0. The Hall–Kier alpha value is -2.84. The monoisotopic (exact) mass is 295 g/mol. The van der Waals surface area contributed by atoms with Crippen LogP contribution in [0.15, 0.2) is 54.2 Å². The Labute approximate surface area is 129 Å². The average Bonchev–Trinajstić information content (AvgIpc) is 2.55. The third kappa shape index (κ3) is 4.08. The van der Waals surface area contributed by atoms with E-state index in [0.717, 1.165) is 16.5 Å². The SMILES string of the molecule is COCCNC(=O)/C(C#N)=C\Nc1ccc2ccccc2c1. The first-order chi connectivity index (χ1) is 10.7. The van der Waals surface area contributed by atoms with Gasteiger partial charge in [-0.3, -0.25) is 4.79 Å². The number of amides is 1. The quantitative estimate of drug-likeness (QED) is 0.487. The molecule has 0 bridgehead atoms. The van der Waals surface area contributed by atoms with Gasteiger partial charge in [0.1, 0.15) is 11.6 Å². The summed E-state index contributed by atoms with van der Waals surface area (Å²) in [5.74, 6) is -0.423. The van der Waals surface area contributed by atoms with Crippen LogP contribution in [0.5, 0.6) is 0 Å². The number of benzene rings is 2. The molecule has 5 heteroatoms. The highest BCUT2D eigenvalue weighted by Crippen LogP contribution is 2.18. The fraction of sp³-hybridized carbons (Fsp3) is 0.176. The third-order valence-electron chi connectivity index (χ3n) is 3.09. The van der Waals surface area contributed by atoms with Crippen molar-refractivity contribution < 1.29 is 9.53 Å². The molecule has 0 aromatic heterocycles. The molecule has 0 fully saturated rings. The van der Waals surface area contributed by atoms with Gasteiger partial charge in [-0.1, -0.05) is 30.3 Å². The van der Waals surface area contributed by atoms with Gasteiger partial charge < -0.3 is 15.4 Å². The molecule has 0 atom stereocenters. The Bertz CT molecular complexity index is 732. The summed E-state index contributed by atoms with van der Waals surface area (Å²) in [6.07, 6.45) is 1.41. The van der Waals surface area contributed by atoms with Crippen LogP contribution in [-0.2, 0) is 9.53 Å². The molecule has 0 unspecified atom stereocenters. The van der Waals surface area contributed by atoms with Crippen molar-refractivity contribution in [2.24, 2.45) is 0 Å². The Balaban J connectivity index is 2.06. The van der Waals surface area contributed by atoms with E-state index in [1.165, 1.54) is 6.20 Å². The van der Waals surface area contributed by atoms with Crippen LogP contribution in [0.4, 0.5) is 5.69 Å². The fourth-order valence-electron chi connectivity index (χ4n) is 1.95. The molecule has 1 amide bonds. The van der Waals surface area contributed by atoms with Crippen LogP contribution in [0.2, 0.25) is 0 Å². The van der Waals surface area contributed by atoms with Gasteiger partial charge in [0.15, 0.2) is 0 Å². The number of hydrogen-bond acceptors (Lipinski definition) is 4. The lowest BCUT2D eigenvalue weighted by Crippen LogP contribution is -2.28. The highest BCUT2D eigenvalue weighted by molar-refractivity contribution is 5.97. The molecule has 2 N–H and O–H groups in total. The number of carbonyl (C=O) groups excluding carboxylic acids is 1. The standard InChI is InChI=1S/C17H17N3O2/c1-22-9-8-19-17(21)15(11-18)12-20-16-7-6-13-4-2-3-5-14(13)10-16/h2-7,10,12,20H,8-9H2,1H3,(H,19,21)/b15-12-. The van der Waals surface area contributed by atoms with E-state index in [4.69, 9.17) is 10.00 Å². The van der Waals surface area contributed by atoms with Crippen LogP contribution in [0.1, 0.15) is 0 Å². The number of nitriles is 1. The molecule has 2 aromatic carbocycles. The number of hydrogen-bond donors (Lipinski definition) is 2. The molecular formula is C17H17N3O2. The molecule has 0 aliphatic carbocycles. The summed E-state index contributed by atoms with van der Waals surface area (Å²) in [7, 11) is 1.55. The second kappa shape index (κ2) is 7.81. The van der Waals surface area contributed by atoms with Crippen LogP contribution in [0, 0.1) is 11.3 Å². The molecule has 112 valence electrons. The van der Waals surface area contributed by atoms with Crippen molar-refractivity contribution in [1.29, 1.82) is 5.26 Å². The zero-order valence-electron chi connectivity index (χ0n) is 12.3. The number of ether oxygens (including phenoxy) is 1. The van der Waals surface area contributed by atoms with Crippen molar-refractivity contribution >= 4 is 22.4 Å². The number of nitrogens with zero attached hydrogens (tertiary/aromatic N) is 1. The Morgan fingerprint density at radius 2 is 2.05 bits per heavy atom. The van der Waals surface area contributed by atoms with Crippen LogP contribution < -0.4 is 10.6 Å². The van der Waals surface area contributed by atoms with Gasteiger partial charge in [0.25, 0.3) is 5.91 Å². The maximum atomic E-state index is 11.8. The number of methoxy groups -OCH3 is 1. The lowest BCUT2D eigenvalue weighted by Gasteiger charge is -2.05. The topological polar surface area (TPSA) is 74.1 Å². The summed E-state index contributed by atoms with van der Waals surface area (Å²) in [4.78, 5) is 11.8. The number of carbonyl (C=O) groups is 1. The van der Waals surface area contributed by atoms with E-state index in [1.807, 2.05) is 48.5 Å². The summed E-state index contributed by atoms with van der Waals surface area (Å²) in [6.45, 7) is 0.771. The smallest absolute Gasteiger partial charge is 0.263 e. The second-order valence-electron chi connectivity index (χ2n) is 4.62. The van der Waals surface area contributed by atoms with Gasteiger partial charge in [-0.25, -0.2) is 0 Å². The van der Waals surface area contributed by atoms with Gasteiger partial charge in [-0.05, 0) is 22.9 Å². The van der Waals surface area contributed by atoms with Gasteiger partial charge >= 0.3 is 0 Å². The summed E-state index contributed by atoms with van der Waals surface area (Å²) in [5.41, 5.74) is 0.834. The van der Waals surface area contributed by atoms with Crippen molar-refractivity contribution in [2.45, 2.75) is 0 Å². The molecule has 5 nitrogen and oxygen atoms in total. The van der Waals surface area contributed by atoms with Gasteiger partial charge in [0.05, 0.1) is 6.61 Å². The van der Waals surface area contributed by atoms with Gasteiger partial charge in [0.2, 0.25) is 0 Å². The van der Waals surface area contributed by atoms with E-state index in [9.17, 15) is 4.79 Å². The highest BCUT2D eigenvalue weighted by Gasteiger charge is 2.07. The van der Waals surface area contributed by atoms with E-state index in [0.29, 0.717) is 13.2 Å². The summed E-state index contributed by atoms with van der Waals surface area (Å²) in [6, 6.07) is 15.7. The van der Waals surface area contributed by atoms with E-state index >= 15 is 0 Å². The van der Waals surface area contributed by atoms with Crippen molar-refractivity contribution in [3.05, 3.63) is 54.2 Å². The minimum absolute atomic E-state index is 0.0178. The van der Waals surface area contributed by atoms with Gasteiger partial charge in [0, 0.05) is 25.5 Å². The Morgan fingerprint density at radius 1 is 1.27 bits per heavy atom.